The maximum Gasteiger partial charge on any atom is 0.338 e. The van der Waals surface area contributed by atoms with Crippen LogP contribution in [0.15, 0.2) is 65.6 Å². The fourth-order valence-electron chi connectivity index (χ4n) is 3.55. The number of hydrogen-bond acceptors (Lipinski definition) is 7. The topological polar surface area (TPSA) is 111 Å². The molecule has 0 fully saturated rings. The van der Waals surface area contributed by atoms with Crippen molar-refractivity contribution >= 4 is 33.3 Å². The maximum atomic E-state index is 13.7. The van der Waals surface area contributed by atoms with Crippen molar-refractivity contribution in [2.24, 2.45) is 0 Å². The van der Waals surface area contributed by atoms with Gasteiger partial charge < -0.3 is 19.5 Å². The van der Waals surface area contributed by atoms with E-state index < -0.39 is 28.4 Å². The molecule has 0 aliphatic carbocycles. The average molecular weight is 527 g/mol. The molecule has 1 N–H and O–H groups in total. The second-order valence-corrected chi connectivity index (χ2v) is 10.0. The SMILES string of the molecule is CCOC(=O)c1ccc(C)c(NC(=O)CN(c2ccc(OC)c(OC)c2)S(=O)(=O)c2ccc(C)cc2)c1. The molecule has 0 bridgehead atoms. The highest BCUT2D eigenvalue weighted by molar-refractivity contribution is 7.92. The third-order valence-electron chi connectivity index (χ3n) is 5.57. The monoisotopic (exact) mass is 526 g/mol. The molecule has 0 saturated carbocycles. The van der Waals surface area contributed by atoms with E-state index in [0.29, 0.717) is 22.7 Å². The summed E-state index contributed by atoms with van der Waals surface area (Å²) in [6, 6.07) is 15.7. The Labute approximate surface area is 217 Å². The number of hydrogen-bond donors (Lipinski definition) is 1. The summed E-state index contributed by atoms with van der Waals surface area (Å²) in [5.74, 6) is -0.404. The number of sulfonamides is 1. The number of aryl methyl sites for hydroxylation is 2. The number of carbonyl (C=O) groups excluding carboxylic acids is 2. The lowest BCUT2D eigenvalue weighted by Crippen LogP contribution is -2.38. The summed E-state index contributed by atoms with van der Waals surface area (Å²) in [5, 5.41) is 2.72. The van der Waals surface area contributed by atoms with Crippen LogP contribution in [0.1, 0.15) is 28.4 Å². The molecule has 0 spiro atoms. The molecule has 0 aliphatic rings. The summed E-state index contributed by atoms with van der Waals surface area (Å²) in [6.45, 7) is 4.99. The first-order valence-corrected chi connectivity index (χ1v) is 12.9. The average Bonchev–Trinajstić information content (AvgIpc) is 2.88. The Morgan fingerprint density at radius 1 is 0.892 bits per heavy atom. The number of carbonyl (C=O) groups is 2. The molecular formula is C27H30N2O7S. The maximum absolute atomic E-state index is 13.7. The summed E-state index contributed by atoms with van der Waals surface area (Å²) < 4.78 is 44.0. The molecule has 3 aromatic carbocycles. The summed E-state index contributed by atoms with van der Waals surface area (Å²) in [7, 11) is -1.23. The lowest BCUT2D eigenvalue weighted by molar-refractivity contribution is -0.114. The molecule has 196 valence electrons. The van der Waals surface area contributed by atoms with Crippen molar-refractivity contribution in [1.82, 2.24) is 0 Å². The normalized spacial score (nSPS) is 10.9. The van der Waals surface area contributed by atoms with Gasteiger partial charge >= 0.3 is 5.97 Å². The third-order valence-corrected chi connectivity index (χ3v) is 7.36. The van der Waals surface area contributed by atoms with Crippen LogP contribution in [0.4, 0.5) is 11.4 Å². The van der Waals surface area contributed by atoms with E-state index in [1.54, 1.807) is 44.2 Å². The summed E-state index contributed by atoms with van der Waals surface area (Å²) in [5.41, 5.74) is 2.44. The number of amides is 1. The molecule has 3 aromatic rings. The summed E-state index contributed by atoms with van der Waals surface area (Å²) in [4.78, 5) is 25.3. The summed E-state index contributed by atoms with van der Waals surface area (Å²) >= 11 is 0. The quantitative estimate of drug-likeness (QED) is 0.392. The zero-order valence-corrected chi connectivity index (χ0v) is 22.2. The molecule has 0 radical (unpaired) electrons. The first-order valence-electron chi connectivity index (χ1n) is 11.5. The van der Waals surface area contributed by atoms with E-state index in [2.05, 4.69) is 5.32 Å². The Morgan fingerprint density at radius 2 is 1.57 bits per heavy atom. The molecule has 37 heavy (non-hydrogen) atoms. The van der Waals surface area contributed by atoms with Crippen LogP contribution < -0.4 is 19.1 Å². The van der Waals surface area contributed by atoms with Crippen molar-refractivity contribution in [1.29, 1.82) is 0 Å². The van der Waals surface area contributed by atoms with Gasteiger partial charge in [-0.05, 0) is 62.7 Å². The van der Waals surface area contributed by atoms with Crippen LogP contribution in [-0.4, -0.2) is 47.7 Å². The van der Waals surface area contributed by atoms with Crippen molar-refractivity contribution in [3.8, 4) is 11.5 Å². The van der Waals surface area contributed by atoms with E-state index in [0.717, 1.165) is 9.87 Å². The highest BCUT2D eigenvalue weighted by Crippen LogP contribution is 2.34. The number of esters is 1. The van der Waals surface area contributed by atoms with Gasteiger partial charge in [0.25, 0.3) is 10.0 Å². The van der Waals surface area contributed by atoms with Gasteiger partial charge in [-0.1, -0.05) is 23.8 Å². The van der Waals surface area contributed by atoms with Gasteiger partial charge in [-0.15, -0.1) is 0 Å². The standard InChI is InChI=1S/C27H30N2O7S/c1-6-36-27(31)20-10-9-19(3)23(15-20)28-26(30)17-29(21-11-14-24(34-4)25(16-21)35-5)37(32,33)22-12-7-18(2)8-13-22/h7-16H,6,17H2,1-5H3,(H,28,30). The van der Waals surface area contributed by atoms with Crippen molar-refractivity contribution in [2.45, 2.75) is 25.7 Å². The van der Waals surface area contributed by atoms with Crippen LogP contribution >= 0.6 is 0 Å². The highest BCUT2D eigenvalue weighted by Gasteiger charge is 2.28. The number of nitrogens with one attached hydrogen (secondary N) is 1. The minimum Gasteiger partial charge on any atom is -0.493 e. The first-order chi connectivity index (χ1) is 17.6. The Bertz CT molecular complexity index is 1390. The molecule has 9 nitrogen and oxygen atoms in total. The Balaban J connectivity index is 1.99. The molecule has 0 saturated heterocycles. The molecule has 1 amide bonds. The number of rotatable bonds is 10. The molecule has 0 aliphatic heterocycles. The van der Waals surface area contributed by atoms with Gasteiger partial charge in [0, 0.05) is 11.8 Å². The highest BCUT2D eigenvalue weighted by atomic mass is 32.2. The van der Waals surface area contributed by atoms with Crippen LogP contribution in [0.2, 0.25) is 0 Å². The van der Waals surface area contributed by atoms with Gasteiger partial charge in [-0.3, -0.25) is 9.10 Å². The first kappa shape index (κ1) is 27.5. The van der Waals surface area contributed by atoms with Crippen LogP contribution in [0.5, 0.6) is 11.5 Å². The minimum atomic E-state index is -4.14. The minimum absolute atomic E-state index is 0.0289. The lowest BCUT2D eigenvalue weighted by atomic mass is 10.1. The Kier molecular flexibility index (Phi) is 8.77. The van der Waals surface area contributed by atoms with Gasteiger partial charge in [-0.25, -0.2) is 13.2 Å². The van der Waals surface area contributed by atoms with E-state index in [-0.39, 0.29) is 22.8 Å². The second-order valence-electron chi connectivity index (χ2n) is 8.16. The van der Waals surface area contributed by atoms with E-state index in [1.807, 2.05) is 6.92 Å². The fraction of sp³-hybridized carbons (Fsp3) is 0.259. The fourth-order valence-corrected chi connectivity index (χ4v) is 4.96. The molecule has 3 rings (SSSR count). The van der Waals surface area contributed by atoms with Gasteiger partial charge in [0.2, 0.25) is 5.91 Å². The van der Waals surface area contributed by atoms with Crippen LogP contribution in [0.25, 0.3) is 0 Å². The number of benzene rings is 3. The van der Waals surface area contributed by atoms with Gasteiger partial charge in [-0.2, -0.15) is 0 Å². The number of nitrogens with zero attached hydrogens (tertiary/aromatic N) is 1. The predicted octanol–water partition coefficient (Wildman–Crippen LogP) is 4.33. The number of ether oxygens (including phenoxy) is 3. The lowest BCUT2D eigenvalue weighted by Gasteiger charge is -2.25. The van der Waals surface area contributed by atoms with Crippen molar-refractivity contribution in [3.63, 3.8) is 0 Å². The molecular weight excluding hydrogens is 496 g/mol. The Hall–Kier alpha value is -4.05. The largest absolute Gasteiger partial charge is 0.493 e. The van der Waals surface area contributed by atoms with E-state index in [4.69, 9.17) is 14.2 Å². The number of anilines is 2. The third kappa shape index (κ3) is 6.39. The van der Waals surface area contributed by atoms with Crippen LogP contribution in [-0.2, 0) is 19.6 Å². The van der Waals surface area contributed by atoms with E-state index in [9.17, 15) is 18.0 Å². The Morgan fingerprint density at radius 3 is 2.19 bits per heavy atom. The molecule has 0 aromatic heterocycles. The molecule has 0 unspecified atom stereocenters. The van der Waals surface area contributed by atoms with E-state index in [1.165, 1.54) is 44.6 Å². The van der Waals surface area contributed by atoms with Crippen LogP contribution in [0, 0.1) is 13.8 Å². The number of methoxy groups -OCH3 is 2. The van der Waals surface area contributed by atoms with Gasteiger partial charge in [0.1, 0.15) is 6.54 Å². The van der Waals surface area contributed by atoms with Crippen molar-refractivity contribution < 1.29 is 32.2 Å². The van der Waals surface area contributed by atoms with Gasteiger partial charge in [0.15, 0.2) is 11.5 Å². The second kappa shape index (κ2) is 11.8. The molecule has 0 heterocycles. The summed E-state index contributed by atoms with van der Waals surface area (Å²) in [6.07, 6.45) is 0. The van der Waals surface area contributed by atoms with E-state index >= 15 is 0 Å². The zero-order chi connectivity index (χ0) is 27.2. The zero-order valence-electron chi connectivity index (χ0n) is 21.4. The van der Waals surface area contributed by atoms with Crippen molar-refractivity contribution in [3.05, 3.63) is 77.4 Å². The smallest absolute Gasteiger partial charge is 0.338 e. The molecule has 10 heteroatoms. The van der Waals surface area contributed by atoms with Crippen LogP contribution in [0.3, 0.4) is 0 Å². The predicted molar refractivity (Wildman–Crippen MR) is 141 cm³/mol. The van der Waals surface area contributed by atoms with Crippen molar-refractivity contribution in [2.75, 3.05) is 37.0 Å². The molecule has 0 atom stereocenters. The van der Waals surface area contributed by atoms with Gasteiger partial charge in [0.05, 0.1) is 37.0 Å².